The lowest BCUT2D eigenvalue weighted by atomic mass is 10.3. The lowest BCUT2D eigenvalue weighted by Gasteiger charge is -2.15. The summed E-state index contributed by atoms with van der Waals surface area (Å²) in [4.78, 5) is 23.1. The number of esters is 1. The minimum atomic E-state index is -3.73. The van der Waals surface area contributed by atoms with E-state index in [0.717, 1.165) is 16.1 Å². The van der Waals surface area contributed by atoms with Crippen molar-refractivity contribution >= 4 is 50.9 Å². The molecule has 0 fully saturated rings. The summed E-state index contributed by atoms with van der Waals surface area (Å²) in [6.07, 6.45) is 0. The van der Waals surface area contributed by atoms with Crippen LogP contribution in [0.5, 0.6) is 0 Å². The summed E-state index contributed by atoms with van der Waals surface area (Å²) >= 11 is 7.07. The Morgan fingerprint density at radius 3 is 2.54 bits per heavy atom. The van der Waals surface area contributed by atoms with E-state index in [0.29, 0.717) is 5.69 Å². The molecule has 0 aliphatic heterocycles. The van der Waals surface area contributed by atoms with Gasteiger partial charge in [0, 0.05) is 19.8 Å². The number of sulfonamides is 1. The highest BCUT2D eigenvalue weighted by Gasteiger charge is 2.22. The number of thioether (sulfide) groups is 1. The number of halogens is 1. The highest BCUT2D eigenvalue weighted by molar-refractivity contribution is 8.01. The van der Waals surface area contributed by atoms with Crippen LogP contribution in [0.3, 0.4) is 0 Å². The number of methoxy groups -OCH3 is 1. The number of hydrogen-bond donors (Lipinski definition) is 1. The van der Waals surface area contributed by atoms with Crippen LogP contribution in [0.2, 0.25) is 5.02 Å². The second-order valence-corrected chi connectivity index (χ2v) is 8.81. The minimum absolute atomic E-state index is 0.0476. The molecule has 0 aliphatic rings. The lowest BCUT2D eigenvalue weighted by molar-refractivity contribution is -0.137. The number of rotatable bonds is 7. The average molecular weight is 395 g/mol. The monoisotopic (exact) mass is 394 g/mol. The van der Waals surface area contributed by atoms with Crippen LogP contribution in [0.1, 0.15) is 6.92 Å². The van der Waals surface area contributed by atoms with Crippen molar-refractivity contribution in [3.8, 4) is 0 Å². The molecule has 0 aromatic heterocycles. The van der Waals surface area contributed by atoms with E-state index in [-0.39, 0.29) is 21.6 Å². The molecule has 1 atom stereocenters. The van der Waals surface area contributed by atoms with Gasteiger partial charge in [-0.15, -0.1) is 11.8 Å². The maximum absolute atomic E-state index is 12.2. The molecule has 0 aliphatic carbocycles. The van der Waals surface area contributed by atoms with Crippen LogP contribution in [0.15, 0.2) is 23.1 Å². The van der Waals surface area contributed by atoms with Gasteiger partial charge in [-0.05, 0) is 25.1 Å². The van der Waals surface area contributed by atoms with E-state index < -0.39 is 21.2 Å². The molecule has 7 nitrogen and oxygen atoms in total. The molecular formula is C14H19ClN2O5S2. The molecule has 0 unspecified atom stereocenters. The summed E-state index contributed by atoms with van der Waals surface area (Å²) in [5.41, 5.74) is 0.301. The first kappa shape index (κ1) is 20.8. The Kier molecular flexibility index (Phi) is 7.53. The molecular weight excluding hydrogens is 376 g/mol. The number of ether oxygens (including phenoxy) is 1. The summed E-state index contributed by atoms with van der Waals surface area (Å²) in [6, 6.07) is 4.21. The first-order chi connectivity index (χ1) is 11.1. The third-order valence-electron chi connectivity index (χ3n) is 3.01. The van der Waals surface area contributed by atoms with E-state index in [4.69, 9.17) is 11.6 Å². The number of anilines is 1. The molecule has 1 rings (SSSR count). The summed E-state index contributed by atoms with van der Waals surface area (Å²) in [5, 5.41) is 2.15. The van der Waals surface area contributed by atoms with Crippen LogP contribution < -0.4 is 5.32 Å². The number of nitrogens with zero attached hydrogens (tertiary/aromatic N) is 1. The van der Waals surface area contributed by atoms with Crippen molar-refractivity contribution < 1.29 is 22.7 Å². The van der Waals surface area contributed by atoms with Crippen molar-refractivity contribution in [2.75, 3.05) is 32.3 Å². The zero-order chi connectivity index (χ0) is 18.5. The maximum atomic E-state index is 12.2. The van der Waals surface area contributed by atoms with Gasteiger partial charge in [0.2, 0.25) is 15.9 Å². The number of carbonyl (C=O) groups is 2. The average Bonchev–Trinajstić information content (AvgIpc) is 2.53. The number of amides is 1. The second-order valence-electron chi connectivity index (χ2n) is 4.95. The van der Waals surface area contributed by atoms with Crippen LogP contribution in [0, 0.1) is 0 Å². The summed E-state index contributed by atoms with van der Waals surface area (Å²) in [6.45, 7) is 1.64. The Hall–Kier alpha value is -1.29. The van der Waals surface area contributed by atoms with Crippen LogP contribution in [-0.2, 0) is 24.3 Å². The van der Waals surface area contributed by atoms with E-state index in [1.807, 2.05) is 0 Å². The fourth-order valence-electron chi connectivity index (χ4n) is 1.55. The van der Waals surface area contributed by atoms with Gasteiger partial charge in [0.1, 0.15) is 4.90 Å². The fourth-order valence-corrected chi connectivity index (χ4v) is 3.66. The van der Waals surface area contributed by atoms with Crippen LogP contribution in [0.4, 0.5) is 5.69 Å². The molecule has 0 spiro atoms. The summed E-state index contributed by atoms with van der Waals surface area (Å²) in [7, 11) is 0.327. The molecule has 24 heavy (non-hydrogen) atoms. The predicted octanol–water partition coefficient (Wildman–Crippen LogP) is 1.82. The predicted molar refractivity (Wildman–Crippen MR) is 94.9 cm³/mol. The first-order valence-electron chi connectivity index (χ1n) is 6.81. The quantitative estimate of drug-likeness (QED) is 0.709. The van der Waals surface area contributed by atoms with E-state index in [1.54, 1.807) is 6.92 Å². The zero-order valence-corrected chi connectivity index (χ0v) is 16.1. The van der Waals surface area contributed by atoms with Crippen molar-refractivity contribution in [2.24, 2.45) is 0 Å². The Labute approximate surface area is 150 Å². The van der Waals surface area contributed by atoms with Gasteiger partial charge in [0.05, 0.1) is 23.1 Å². The molecule has 1 aromatic carbocycles. The molecule has 1 N–H and O–H groups in total. The van der Waals surface area contributed by atoms with Gasteiger partial charge < -0.3 is 10.1 Å². The highest BCUT2D eigenvalue weighted by atomic mass is 35.5. The third kappa shape index (κ3) is 5.37. The minimum Gasteiger partial charge on any atom is -0.468 e. The number of benzene rings is 1. The largest absolute Gasteiger partial charge is 0.468 e. The molecule has 0 saturated carbocycles. The van der Waals surface area contributed by atoms with Gasteiger partial charge in [-0.3, -0.25) is 9.59 Å². The topological polar surface area (TPSA) is 92.8 Å². The standard InChI is InChI=1S/C14H19ClN2O5S2/c1-9(23-8-13(18)22-4)14(19)16-10-5-6-11(15)12(7-10)24(20,21)17(2)3/h5-7,9H,8H2,1-4H3,(H,16,19)/t9-/m1/s1. The summed E-state index contributed by atoms with van der Waals surface area (Å²) in [5.74, 6) is -0.740. The van der Waals surface area contributed by atoms with Crippen LogP contribution in [0.25, 0.3) is 0 Å². The molecule has 0 heterocycles. The Morgan fingerprint density at radius 2 is 2.00 bits per heavy atom. The summed E-state index contributed by atoms with van der Waals surface area (Å²) < 4.78 is 30.0. The van der Waals surface area contributed by atoms with Gasteiger partial charge in [0.15, 0.2) is 0 Å². The molecule has 1 aromatic rings. The van der Waals surface area contributed by atoms with E-state index >= 15 is 0 Å². The van der Waals surface area contributed by atoms with Crippen molar-refractivity contribution in [3.05, 3.63) is 23.2 Å². The number of hydrogen-bond acceptors (Lipinski definition) is 6. The number of nitrogens with one attached hydrogen (secondary N) is 1. The molecule has 1 amide bonds. The maximum Gasteiger partial charge on any atom is 0.315 e. The van der Waals surface area contributed by atoms with Gasteiger partial charge in [-0.2, -0.15) is 0 Å². The van der Waals surface area contributed by atoms with E-state index in [2.05, 4.69) is 10.1 Å². The van der Waals surface area contributed by atoms with Gasteiger partial charge in [0.25, 0.3) is 0 Å². The SMILES string of the molecule is COC(=O)CS[C@H](C)C(=O)Nc1ccc(Cl)c(S(=O)(=O)N(C)C)c1. The number of carbonyl (C=O) groups excluding carboxylic acids is 2. The van der Waals surface area contributed by atoms with E-state index in [9.17, 15) is 18.0 Å². The second kappa shape index (κ2) is 8.70. The molecule has 134 valence electrons. The Bertz CT molecular complexity index is 722. The van der Waals surface area contributed by atoms with Gasteiger partial charge in [-0.1, -0.05) is 11.6 Å². The molecule has 0 radical (unpaired) electrons. The van der Waals surface area contributed by atoms with Crippen molar-refractivity contribution in [1.82, 2.24) is 4.31 Å². The van der Waals surface area contributed by atoms with Gasteiger partial charge >= 0.3 is 5.97 Å². The zero-order valence-electron chi connectivity index (χ0n) is 13.7. The molecule has 10 heteroatoms. The van der Waals surface area contributed by atoms with Crippen LogP contribution in [-0.4, -0.2) is 56.8 Å². The van der Waals surface area contributed by atoms with Crippen molar-refractivity contribution in [1.29, 1.82) is 0 Å². The van der Waals surface area contributed by atoms with Crippen molar-refractivity contribution in [3.63, 3.8) is 0 Å². The Morgan fingerprint density at radius 1 is 1.38 bits per heavy atom. The highest BCUT2D eigenvalue weighted by Crippen LogP contribution is 2.27. The van der Waals surface area contributed by atoms with Crippen molar-refractivity contribution in [2.45, 2.75) is 17.1 Å². The molecule has 0 bridgehead atoms. The van der Waals surface area contributed by atoms with Gasteiger partial charge in [-0.25, -0.2) is 12.7 Å². The Balaban J connectivity index is 2.89. The molecule has 0 saturated heterocycles. The smallest absolute Gasteiger partial charge is 0.315 e. The lowest BCUT2D eigenvalue weighted by Crippen LogP contribution is -2.25. The van der Waals surface area contributed by atoms with E-state index in [1.165, 1.54) is 39.4 Å². The third-order valence-corrected chi connectivity index (χ3v) is 6.42. The fraction of sp³-hybridized carbons (Fsp3) is 0.429. The van der Waals surface area contributed by atoms with Crippen LogP contribution >= 0.6 is 23.4 Å². The normalized spacial score (nSPS) is 12.8. The first-order valence-corrected chi connectivity index (χ1v) is 9.67.